The molecular formula is C22H20O2. The van der Waals surface area contributed by atoms with Gasteiger partial charge in [-0.2, -0.15) is 0 Å². The number of carbonyl (C=O) groups excluding carboxylic acids is 1. The first-order chi connectivity index (χ1) is 11.8. The molecule has 0 aromatic heterocycles. The van der Waals surface area contributed by atoms with Crippen LogP contribution in [0, 0.1) is 0 Å². The van der Waals surface area contributed by atoms with Crippen molar-refractivity contribution in [1.82, 2.24) is 0 Å². The highest BCUT2D eigenvalue weighted by atomic mass is 16.5. The SMILES string of the molecule is COc1ccccc1C(CC(=O)c1ccccc1)c1ccccc1. The van der Waals surface area contributed by atoms with Crippen molar-refractivity contribution < 1.29 is 9.53 Å². The molecule has 0 radical (unpaired) electrons. The minimum Gasteiger partial charge on any atom is -0.496 e. The number of ketones is 1. The van der Waals surface area contributed by atoms with Crippen molar-refractivity contribution in [3.63, 3.8) is 0 Å². The summed E-state index contributed by atoms with van der Waals surface area (Å²) in [5.41, 5.74) is 2.90. The molecule has 120 valence electrons. The molecule has 2 heteroatoms. The molecular weight excluding hydrogens is 296 g/mol. The fourth-order valence-corrected chi connectivity index (χ4v) is 2.97. The number of rotatable bonds is 6. The summed E-state index contributed by atoms with van der Waals surface area (Å²) in [5.74, 6) is 0.914. The van der Waals surface area contributed by atoms with Crippen LogP contribution in [-0.2, 0) is 0 Å². The van der Waals surface area contributed by atoms with Gasteiger partial charge >= 0.3 is 0 Å². The molecule has 24 heavy (non-hydrogen) atoms. The summed E-state index contributed by atoms with van der Waals surface area (Å²) in [5, 5.41) is 0. The third-order valence-corrected chi connectivity index (χ3v) is 4.20. The number of hydrogen-bond donors (Lipinski definition) is 0. The number of carbonyl (C=O) groups is 1. The lowest BCUT2D eigenvalue weighted by atomic mass is 9.85. The van der Waals surface area contributed by atoms with Gasteiger partial charge in [-0.05, 0) is 11.6 Å². The van der Waals surface area contributed by atoms with Crippen LogP contribution in [0.15, 0.2) is 84.9 Å². The van der Waals surface area contributed by atoms with Crippen LogP contribution in [0.4, 0.5) is 0 Å². The molecule has 1 unspecified atom stereocenters. The summed E-state index contributed by atoms with van der Waals surface area (Å²) in [4.78, 5) is 12.8. The van der Waals surface area contributed by atoms with Gasteiger partial charge < -0.3 is 4.74 Å². The molecule has 0 heterocycles. The van der Waals surface area contributed by atoms with Crippen LogP contribution < -0.4 is 4.74 Å². The summed E-state index contributed by atoms with van der Waals surface area (Å²) in [6.45, 7) is 0. The molecule has 0 bridgehead atoms. The van der Waals surface area contributed by atoms with E-state index in [0.717, 1.165) is 22.4 Å². The molecule has 0 saturated carbocycles. The van der Waals surface area contributed by atoms with Gasteiger partial charge in [0.25, 0.3) is 0 Å². The van der Waals surface area contributed by atoms with E-state index in [0.29, 0.717) is 6.42 Å². The van der Waals surface area contributed by atoms with E-state index in [9.17, 15) is 4.79 Å². The molecule has 0 aliphatic carbocycles. The Morgan fingerprint density at radius 2 is 1.42 bits per heavy atom. The van der Waals surface area contributed by atoms with Gasteiger partial charge in [-0.1, -0.05) is 78.9 Å². The van der Waals surface area contributed by atoms with Crippen molar-refractivity contribution in [2.75, 3.05) is 7.11 Å². The van der Waals surface area contributed by atoms with Gasteiger partial charge in [-0.25, -0.2) is 0 Å². The van der Waals surface area contributed by atoms with Crippen molar-refractivity contribution in [3.05, 3.63) is 102 Å². The molecule has 0 N–H and O–H groups in total. The first-order valence-electron chi connectivity index (χ1n) is 8.05. The Hall–Kier alpha value is -2.87. The lowest BCUT2D eigenvalue weighted by molar-refractivity contribution is 0.0977. The molecule has 1 atom stereocenters. The van der Waals surface area contributed by atoms with Gasteiger partial charge in [-0.15, -0.1) is 0 Å². The number of para-hydroxylation sites is 1. The summed E-state index contributed by atoms with van der Waals surface area (Å²) in [7, 11) is 1.67. The van der Waals surface area contributed by atoms with E-state index in [1.54, 1.807) is 7.11 Å². The zero-order valence-electron chi connectivity index (χ0n) is 13.7. The van der Waals surface area contributed by atoms with E-state index >= 15 is 0 Å². The topological polar surface area (TPSA) is 26.3 Å². The molecule has 3 aromatic rings. The van der Waals surface area contributed by atoms with E-state index in [-0.39, 0.29) is 11.7 Å². The molecule has 0 aliphatic heterocycles. The van der Waals surface area contributed by atoms with Gasteiger partial charge in [0.1, 0.15) is 5.75 Å². The van der Waals surface area contributed by atoms with Crippen LogP contribution in [0.1, 0.15) is 33.8 Å². The minimum atomic E-state index is -0.0324. The highest BCUT2D eigenvalue weighted by Gasteiger charge is 2.21. The molecule has 2 nitrogen and oxygen atoms in total. The van der Waals surface area contributed by atoms with E-state index < -0.39 is 0 Å². The number of Topliss-reactive ketones (excluding diaryl/α,β-unsaturated/α-hetero) is 1. The van der Waals surface area contributed by atoms with Crippen molar-refractivity contribution in [1.29, 1.82) is 0 Å². The largest absolute Gasteiger partial charge is 0.496 e. The molecule has 0 fully saturated rings. The Morgan fingerprint density at radius 1 is 0.833 bits per heavy atom. The van der Waals surface area contributed by atoms with Crippen LogP contribution in [0.3, 0.4) is 0 Å². The van der Waals surface area contributed by atoms with Crippen molar-refractivity contribution in [2.45, 2.75) is 12.3 Å². The zero-order valence-corrected chi connectivity index (χ0v) is 13.7. The third kappa shape index (κ3) is 3.54. The Labute approximate surface area is 142 Å². The van der Waals surface area contributed by atoms with Crippen molar-refractivity contribution >= 4 is 5.78 Å². The molecule has 0 amide bonds. The average molecular weight is 316 g/mol. The molecule has 0 spiro atoms. The molecule has 0 aliphatic rings. The van der Waals surface area contributed by atoms with Gasteiger partial charge in [0.15, 0.2) is 5.78 Å². The van der Waals surface area contributed by atoms with Gasteiger partial charge in [-0.3, -0.25) is 4.79 Å². The van der Waals surface area contributed by atoms with Crippen molar-refractivity contribution in [3.8, 4) is 5.75 Å². The van der Waals surface area contributed by atoms with Crippen molar-refractivity contribution in [2.24, 2.45) is 0 Å². The predicted molar refractivity (Wildman–Crippen MR) is 96.7 cm³/mol. The summed E-state index contributed by atoms with van der Waals surface area (Å²) < 4.78 is 5.52. The molecule has 3 aromatic carbocycles. The maximum Gasteiger partial charge on any atom is 0.163 e. The summed E-state index contributed by atoms with van der Waals surface area (Å²) in [6, 6.07) is 27.5. The highest BCUT2D eigenvalue weighted by molar-refractivity contribution is 5.96. The van der Waals surface area contributed by atoms with Crippen LogP contribution in [-0.4, -0.2) is 12.9 Å². The minimum absolute atomic E-state index is 0.0324. The number of methoxy groups -OCH3 is 1. The Bertz CT molecular complexity index is 794. The number of benzene rings is 3. The second-order valence-electron chi connectivity index (χ2n) is 5.70. The fourth-order valence-electron chi connectivity index (χ4n) is 2.97. The lowest BCUT2D eigenvalue weighted by Gasteiger charge is -2.20. The molecule has 3 rings (SSSR count). The second-order valence-corrected chi connectivity index (χ2v) is 5.70. The third-order valence-electron chi connectivity index (χ3n) is 4.20. The van der Waals surface area contributed by atoms with Gasteiger partial charge in [0.05, 0.1) is 7.11 Å². The zero-order chi connectivity index (χ0) is 16.8. The van der Waals surface area contributed by atoms with Crippen LogP contribution in [0.5, 0.6) is 5.75 Å². The predicted octanol–water partition coefficient (Wildman–Crippen LogP) is 5.10. The fraction of sp³-hybridized carbons (Fsp3) is 0.136. The number of ether oxygens (including phenoxy) is 1. The van der Waals surface area contributed by atoms with Gasteiger partial charge in [0.2, 0.25) is 0 Å². The highest BCUT2D eigenvalue weighted by Crippen LogP contribution is 2.35. The first kappa shape index (κ1) is 16.0. The van der Waals surface area contributed by atoms with Crippen LogP contribution in [0.25, 0.3) is 0 Å². The Morgan fingerprint density at radius 3 is 2.08 bits per heavy atom. The van der Waals surface area contributed by atoms with E-state index in [1.165, 1.54) is 0 Å². The Balaban J connectivity index is 1.99. The normalized spacial score (nSPS) is 11.7. The summed E-state index contributed by atoms with van der Waals surface area (Å²) in [6.07, 6.45) is 0.411. The summed E-state index contributed by atoms with van der Waals surface area (Å²) >= 11 is 0. The van der Waals surface area contributed by atoms with E-state index in [1.807, 2.05) is 72.8 Å². The average Bonchev–Trinajstić information content (AvgIpc) is 2.67. The smallest absolute Gasteiger partial charge is 0.163 e. The van der Waals surface area contributed by atoms with Crippen LogP contribution in [0.2, 0.25) is 0 Å². The quantitative estimate of drug-likeness (QED) is 0.591. The first-order valence-corrected chi connectivity index (χ1v) is 8.05. The van der Waals surface area contributed by atoms with E-state index in [4.69, 9.17) is 4.74 Å². The lowest BCUT2D eigenvalue weighted by Crippen LogP contribution is -2.10. The standard InChI is InChI=1S/C22H20O2/c1-24-22-15-9-8-14-19(22)20(17-10-4-2-5-11-17)16-21(23)18-12-6-3-7-13-18/h2-15,20H,16H2,1H3. The van der Waals surface area contributed by atoms with Crippen LogP contribution >= 0.6 is 0 Å². The monoisotopic (exact) mass is 316 g/mol. The second kappa shape index (κ2) is 7.60. The Kier molecular flexibility index (Phi) is 5.07. The molecule has 0 saturated heterocycles. The number of hydrogen-bond acceptors (Lipinski definition) is 2. The maximum atomic E-state index is 12.8. The van der Waals surface area contributed by atoms with Gasteiger partial charge in [0, 0.05) is 23.5 Å². The van der Waals surface area contributed by atoms with E-state index in [2.05, 4.69) is 12.1 Å². The maximum absolute atomic E-state index is 12.8.